The molecule has 2 aliphatic carbocycles. The monoisotopic (exact) mass is 468 g/mol. The number of imidazole rings is 2. The largest absolute Gasteiger partial charge is 0.334 e. The lowest BCUT2D eigenvalue weighted by Gasteiger charge is -2.12. The molecule has 8 bridgehead atoms. The van der Waals surface area contributed by atoms with Crippen molar-refractivity contribution >= 4 is 22.6 Å². The van der Waals surface area contributed by atoms with Crippen LogP contribution in [0.25, 0.3) is 11.1 Å². The summed E-state index contributed by atoms with van der Waals surface area (Å²) >= 11 is 0. The van der Waals surface area contributed by atoms with Gasteiger partial charge in [-0.25, -0.2) is 20.0 Å². The maximum Gasteiger partial charge on any atom is 0.142 e. The van der Waals surface area contributed by atoms with Crippen molar-refractivity contribution in [2.24, 2.45) is 24.1 Å². The Kier molecular flexibility index (Phi) is 4.61. The highest BCUT2D eigenvalue weighted by molar-refractivity contribution is 6.31. The highest BCUT2D eigenvalue weighted by Crippen LogP contribution is 2.38. The molecule has 0 radical (unpaired) electrons. The third-order valence-corrected chi connectivity index (χ3v) is 7.02. The number of allylic oxidation sites excluding steroid dienone is 16. The van der Waals surface area contributed by atoms with Gasteiger partial charge in [-0.15, -0.1) is 0 Å². The normalized spacial score (nSPS) is 20.2. The van der Waals surface area contributed by atoms with Crippen LogP contribution in [0.4, 0.5) is 0 Å². The first-order valence-electron chi connectivity index (χ1n) is 12.1. The van der Waals surface area contributed by atoms with E-state index in [4.69, 9.17) is 9.98 Å². The smallest absolute Gasteiger partial charge is 0.142 e. The summed E-state index contributed by atoms with van der Waals surface area (Å²) < 4.78 is 4.12. The van der Waals surface area contributed by atoms with E-state index in [0.717, 1.165) is 58.5 Å². The molecular weight excluding hydrogens is 444 g/mol. The van der Waals surface area contributed by atoms with Gasteiger partial charge in [-0.3, -0.25) is 0 Å². The molecule has 6 nitrogen and oxygen atoms in total. The Balaban J connectivity index is 1.41. The van der Waals surface area contributed by atoms with E-state index in [0.29, 0.717) is 0 Å². The summed E-state index contributed by atoms with van der Waals surface area (Å²) in [6.45, 7) is 0. The molecule has 36 heavy (non-hydrogen) atoms. The second-order valence-electron chi connectivity index (χ2n) is 9.49. The lowest BCUT2D eigenvalue weighted by atomic mass is 9.99. The second-order valence-corrected chi connectivity index (χ2v) is 9.49. The zero-order chi connectivity index (χ0) is 24.2. The van der Waals surface area contributed by atoms with Crippen LogP contribution in [-0.2, 0) is 14.1 Å². The van der Waals surface area contributed by atoms with Gasteiger partial charge >= 0.3 is 0 Å². The molecule has 7 rings (SSSR count). The SMILES string of the molecule is Cn1ccnc1C1=C2C=CC(=CC3=NC(=C(c4nccn4C)C4=CC=C(C=C5C=CC1=N5)C4)C=C3)C2. The summed E-state index contributed by atoms with van der Waals surface area (Å²) in [6, 6.07) is 0. The average molecular weight is 469 g/mol. The number of nitrogens with zero attached hydrogens (tertiary/aromatic N) is 6. The molecule has 0 fully saturated rings. The first kappa shape index (κ1) is 20.8. The van der Waals surface area contributed by atoms with E-state index in [1.165, 1.54) is 22.3 Å². The Hall–Kier alpha value is -4.58. The fourth-order valence-corrected chi connectivity index (χ4v) is 5.27. The molecule has 0 N–H and O–H groups in total. The highest BCUT2D eigenvalue weighted by atomic mass is 15.0. The van der Waals surface area contributed by atoms with E-state index in [2.05, 4.69) is 79.9 Å². The van der Waals surface area contributed by atoms with E-state index >= 15 is 0 Å². The summed E-state index contributed by atoms with van der Waals surface area (Å²) in [7, 11) is 4.06. The van der Waals surface area contributed by atoms with Gasteiger partial charge < -0.3 is 9.13 Å². The molecule has 5 heterocycles. The quantitative estimate of drug-likeness (QED) is 0.594. The molecule has 0 saturated heterocycles. The van der Waals surface area contributed by atoms with Gasteiger partial charge in [0.25, 0.3) is 0 Å². The van der Waals surface area contributed by atoms with Crippen LogP contribution in [0.3, 0.4) is 0 Å². The van der Waals surface area contributed by atoms with Crippen molar-refractivity contribution in [3.63, 3.8) is 0 Å². The predicted molar refractivity (Wildman–Crippen MR) is 144 cm³/mol. The third-order valence-electron chi connectivity index (χ3n) is 7.02. The first-order chi connectivity index (χ1) is 17.6. The Morgan fingerprint density at radius 1 is 0.694 bits per heavy atom. The highest BCUT2D eigenvalue weighted by Gasteiger charge is 2.25. The van der Waals surface area contributed by atoms with E-state index in [9.17, 15) is 0 Å². The minimum absolute atomic E-state index is 0.808. The summed E-state index contributed by atoms with van der Waals surface area (Å²) in [4.78, 5) is 19.4. The topological polar surface area (TPSA) is 60.4 Å². The Labute approximate surface area is 209 Å². The summed E-state index contributed by atoms with van der Waals surface area (Å²) in [5, 5.41) is 0. The van der Waals surface area contributed by atoms with E-state index in [1.807, 2.05) is 38.9 Å². The Bertz CT molecular complexity index is 1680. The van der Waals surface area contributed by atoms with Crippen LogP contribution in [0, 0.1) is 0 Å². The number of aryl methyl sites for hydroxylation is 2. The number of rotatable bonds is 2. The van der Waals surface area contributed by atoms with Crippen LogP contribution in [0.2, 0.25) is 0 Å². The molecule has 0 amide bonds. The van der Waals surface area contributed by atoms with Crippen molar-refractivity contribution in [2.75, 3.05) is 0 Å². The zero-order valence-electron chi connectivity index (χ0n) is 20.2. The lowest BCUT2D eigenvalue weighted by molar-refractivity contribution is 0.887. The van der Waals surface area contributed by atoms with Gasteiger partial charge in [-0.2, -0.15) is 0 Å². The van der Waals surface area contributed by atoms with Crippen molar-refractivity contribution in [1.29, 1.82) is 0 Å². The molecule has 0 aromatic carbocycles. The van der Waals surface area contributed by atoms with Gasteiger partial charge in [-0.05, 0) is 71.6 Å². The van der Waals surface area contributed by atoms with E-state index < -0.39 is 0 Å². The van der Waals surface area contributed by atoms with Crippen LogP contribution >= 0.6 is 0 Å². The van der Waals surface area contributed by atoms with Crippen LogP contribution < -0.4 is 0 Å². The van der Waals surface area contributed by atoms with Crippen molar-refractivity contribution in [3.8, 4) is 0 Å². The molecule has 6 heteroatoms. The lowest BCUT2D eigenvalue weighted by Crippen LogP contribution is -2.06. The Morgan fingerprint density at radius 3 is 2.28 bits per heavy atom. The molecular formula is C30H24N6. The van der Waals surface area contributed by atoms with Crippen molar-refractivity contribution < 1.29 is 0 Å². The van der Waals surface area contributed by atoms with Crippen LogP contribution in [0.5, 0.6) is 0 Å². The van der Waals surface area contributed by atoms with Gasteiger partial charge in [0.1, 0.15) is 11.6 Å². The van der Waals surface area contributed by atoms with Gasteiger partial charge in [0.05, 0.1) is 22.8 Å². The van der Waals surface area contributed by atoms with Crippen LogP contribution in [-0.4, -0.2) is 30.5 Å². The van der Waals surface area contributed by atoms with Crippen molar-refractivity contribution in [1.82, 2.24) is 19.1 Å². The van der Waals surface area contributed by atoms with E-state index in [1.54, 1.807) is 0 Å². The predicted octanol–water partition coefficient (Wildman–Crippen LogP) is 5.38. The Morgan fingerprint density at radius 2 is 1.50 bits per heavy atom. The average Bonchev–Trinajstić information content (AvgIpc) is 3.68. The third kappa shape index (κ3) is 3.41. The number of aliphatic imine (C=N–C) groups is 2. The minimum atomic E-state index is 0.808. The zero-order valence-corrected chi connectivity index (χ0v) is 20.2. The van der Waals surface area contributed by atoms with Gasteiger partial charge in [0.2, 0.25) is 0 Å². The molecule has 3 aliphatic heterocycles. The molecule has 0 saturated carbocycles. The van der Waals surface area contributed by atoms with Crippen molar-refractivity contribution in [3.05, 3.63) is 131 Å². The molecule has 0 spiro atoms. The number of fused-ring (bicyclic) bond motifs is 6. The fourth-order valence-electron chi connectivity index (χ4n) is 5.27. The van der Waals surface area contributed by atoms with Crippen molar-refractivity contribution in [2.45, 2.75) is 12.8 Å². The molecule has 2 aromatic rings. The summed E-state index contributed by atoms with van der Waals surface area (Å²) in [5.41, 5.74) is 10.8. The molecule has 174 valence electrons. The number of hydrogen-bond acceptors (Lipinski definition) is 4. The molecule has 0 atom stereocenters. The maximum absolute atomic E-state index is 5.03. The van der Waals surface area contributed by atoms with E-state index in [-0.39, 0.29) is 0 Å². The number of hydrogen-bond donors (Lipinski definition) is 0. The first-order valence-corrected chi connectivity index (χ1v) is 12.1. The second kappa shape index (κ2) is 7.99. The summed E-state index contributed by atoms with van der Waals surface area (Å²) in [5.74, 6) is 1.85. The molecule has 0 unspecified atom stereocenters. The fraction of sp³-hybridized carbons (Fsp3) is 0.133. The standard InChI is InChI=1S/C30H24N6/c1-35-13-11-31-29(35)27-21-5-3-19(15-21)17-24-8-10-26(34-24)28(30-32-12-14-36(30)2)22-6-4-20(16-22)18-23-7-9-25(27)33-23/h3-14,17-18H,15-16H2,1-2H3. The summed E-state index contributed by atoms with van der Waals surface area (Å²) in [6.07, 6.45) is 30.8. The van der Waals surface area contributed by atoms with Gasteiger partial charge in [-0.1, -0.05) is 24.3 Å². The molecule has 5 aliphatic rings. The van der Waals surface area contributed by atoms with Crippen LogP contribution in [0.15, 0.2) is 129 Å². The minimum Gasteiger partial charge on any atom is -0.334 e. The van der Waals surface area contributed by atoms with Gasteiger partial charge in [0.15, 0.2) is 0 Å². The van der Waals surface area contributed by atoms with Gasteiger partial charge in [0, 0.05) is 50.0 Å². The number of aromatic nitrogens is 4. The molecule has 2 aromatic heterocycles. The van der Waals surface area contributed by atoms with Crippen LogP contribution in [0.1, 0.15) is 24.5 Å². The maximum atomic E-state index is 5.03.